The molecule has 0 aromatic carbocycles. The van der Waals surface area contributed by atoms with Crippen molar-refractivity contribution in [1.82, 2.24) is 14.7 Å². The van der Waals surface area contributed by atoms with Crippen LogP contribution >= 0.6 is 0 Å². The number of hydrogen-bond acceptors (Lipinski definition) is 7. The molecule has 9 nitrogen and oxygen atoms in total. The van der Waals surface area contributed by atoms with Crippen molar-refractivity contribution in [3.63, 3.8) is 0 Å². The summed E-state index contributed by atoms with van der Waals surface area (Å²) in [6, 6.07) is 5.12. The average molecular weight is 422 g/mol. The lowest BCUT2D eigenvalue weighted by Gasteiger charge is -2.07. The Balaban J connectivity index is 1.74. The number of ether oxygens (including phenoxy) is 1. The molecule has 0 saturated heterocycles. The maximum absolute atomic E-state index is 13.2. The second-order valence-electron chi connectivity index (χ2n) is 7.23. The molecule has 0 radical (unpaired) electrons. The molecule has 0 spiro atoms. The van der Waals surface area contributed by atoms with E-state index in [-0.39, 0.29) is 18.2 Å². The molecule has 160 valence electrons. The largest absolute Gasteiger partial charge is 0.466 e. The molecule has 1 amide bonds. The molecule has 1 N–H and O–H groups in total. The Hall–Kier alpha value is -3.88. The monoisotopic (exact) mass is 422 g/mol. The van der Waals surface area contributed by atoms with Crippen LogP contribution < -0.4 is 5.32 Å². The van der Waals surface area contributed by atoms with E-state index < -0.39 is 5.97 Å². The summed E-state index contributed by atoms with van der Waals surface area (Å²) in [6.45, 7) is 7.43. The van der Waals surface area contributed by atoms with Crippen LogP contribution in [0.2, 0.25) is 0 Å². The highest BCUT2D eigenvalue weighted by atomic mass is 16.5. The fourth-order valence-corrected chi connectivity index (χ4v) is 3.54. The second-order valence-corrected chi connectivity index (χ2v) is 7.23. The number of carbonyl (C=O) groups is 2. The highest BCUT2D eigenvalue weighted by Crippen LogP contribution is 2.31. The minimum atomic E-state index is -0.459. The van der Waals surface area contributed by atoms with Gasteiger partial charge in [0.15, 0.2) is 0 Å². The zero-order chi connectivity index (χ0) is 22.3. The van der Waals surface area contributed by atoms with Gasteiger partial charge in [-0.3, -0.25) is 4.79 Å². The van der Waals surface area contributed by atoms with E-state index in [1.54, 1.807) is 43.8 Å². The van der Waals surface area contributed by atoms with Gasteiger partial charge in [0.1, 0.15) is 17.2 Å². The summed E-state index contributed by atoms with van der Waals surface area (Å²) in [6.07, 6.45) is 1.65. The zero-order valence-electron chi connectivity index (χ0n) is 17.9. The van der Waals surface area contributed by atoms with E-state index in [1.807, 2.05) is 19.9 Å². The normalized spacial score (nSPS) is 11.1. The van der Waals surface area contributed by atoms with Crippen LogP contribution in [0.1, 0.15) is 45.0 Å². The smallest absolute Gasteiger partial charge is 0.355 e. The van der Waals surface area contributed by atoms with E-state index in [1.165, 1.54) is 0 Å². The Bertz CT molecular complexity index is 1310. The van der Waals surface area contributed by atoms with Gasteiger partial charge in [-0.05, 0) is 45.9 Å². The van der Waals surface area contributed by atoms with Crippen molar-refractivity contribution in [2.24, 2.45) is 7.05 Å². The Morgan fingerprint density at radius 2 is 1.97 bits per heavy atom. The van der Waals surface area contributed by atoms with E-state index in [9.17, 15) is 9.59 Å². The number of carbonyl (C=O) groups excluding carboxylic acids is 2. The first-order valence-corrected chi connectivity index (χ1v) is 9.77. The number of aromatic nitrogens is 3. The Labute approximate surface area is 178 Å². The molecule has 4 rings (SSSR count). The van der Waals surface area contributed by atoms with Crippen LogP contribution in [0.3, 0.4) is 0 Å². The number of furan rings is 1. The molecule has 9 heteroatoms. The van der Waals surface area contributed by atoms with Crippen LogP contribution in [0.15, 0.2) is 33.3 Å². The molecule has 0 aliphatic carbocycles. The van der Waals surface area contributed by atoms with Gasteiger partial charge in [0.05, 0.1) is 34.6 Å². The van der Waals surface area contributed by atoms with Crippen molar-refractivity contribution in [2.45, 2.75) is 27.7 Å². The molecule has 0 bridgehead atoms. The molecule has 0 atom stereocenters. The predicted octanol–water partition coefficient (Wildman–Crippen LogP) is 4.18. The molecule has 4 heterocycles. The Kier molecular flexibility index (Phi) is 5.10. The SMILES string of the molecule is CCOC(=O)c1cc(NC(=O)c2cc(-c3cc(C)oc3C)nc3onc(C)c23)cn1C. The topological polar surface area (TPSA) is 112 Å². The maximum Gasteiger partial charge on any atom is 0.355 e. The van der Waals surface area contributed by atoms with Gasteiger partial charge in [-0.25, -0.2) is 9.78 Å². The van der Waals surface area contributed by atoms with Gasteiger partial charge in [-0.2, -0.15) is 0 Å². The van der Waals surface area contributed by atoms with Gasteiger partial charge < -0.3 is 23.6 Å². The molecule has 0 fully saturated rings. The number of esters is 1. The van der Waals surface area contributed by atoms with Gasteiger partial charge in [-0.1, -0.05) is 5.16 Å². The maximum atomic E-state index is 13.2. The number of amides is 1. The summed E-state index contributed by atoms with van der Waals surface area (Å²) in [4.78, 5) is 29.8. The van der Waals surface area contributed by atoms with Gasteiger partial charge in [0.25, 0.3) is 11.6 Å². The van der Waals surface area contributed by atoms with E-state index in [2.05, 4.69) is 15.5 Å². The minimum Gasteiger partial charge on any atom is -0.466 e. The van der Waals surface area contributed by atoms with Crippen molar-refractivity contribution in [3.05, 3.63) is 52.9 Å². The summed E-state index contributed by atoms with van der Waals surface area (Å²) in [7, 11) is 1.71. The number of rotatable bonds is 5. The molecule has 31 heavy (non-hydrogen) atoms. The standard InChI is InChI=1S/C22H22N4O5/c1-6-29-22(28)18-8-14(10-26(18)5)23-20(27)16-9-17(15-7-11(2)30-13(15)4)24-21-19(16)12(3)25-31-21/h7-10H,6H2,1-5H3,(H,23,27). The van der Waals surface area contributed by atoms with Crippen LogP contribution in [0.5, 0.6) is 0 Å². The number of nitrogens with one attached hydrogen (secondary N) is 1. The van der Waals surface area contributed by atoms with Crippen molar-refractivity contribution in [1.29, 1.82) is 0 Å². The third-order valence-electron chi connectivity index (χ3n) is 4.93. The summed E-state index contributed by atoms with van der Waals surface area (Å²) < 4.78 is 17.6. The highest BCUT2D eigenvalue weighted by Gasteiger charge is 2.22. The van der Waals surface area contributed by atoms with E-state index in [0.717, 1.165) is 11.3 Å². The van der Waals surface area contributed by atoms with Crippen LogP contribution in [-0.4, -0.2) is 33.2 Å². The fourth-order valence-electron chi connectivity index (χ4n) is 3.54. The van der Waals surface area contributed by atoms with Crippen molar-refractivity contribution in [2.75, 3.05) is 11.9 Å². The van der Waals surface area contributed by atoms with Crippen LogP contribution in [-0.2, 0) is 11.8 Å². The van der Waals surface area contributed by atoms with Crippen LogP contribution in [0, 0.1) is 20.8 Å². The van der Waals surface area contributed by atoms with Crippen molar-refractivity contribution < 1.29 is 23.3 Å². The summed E-state index contributed by atoms with van der Waals surface area (Å²) in [5.74, 6) is 0.595. The molecule has 0 aliphatic heterocycles. The van der Waals surface area contributed by atoms with Crippen LogP contribution in [0.4, 0.5) is 5.69 Å². The Morgan fingerprint density at radius 1 is 1.19 bits per heavy atom. The van der Waals surface area contributed by atoms with E-state index in [0.29, 0.717) is 39.5 Å². The third kappa shape index (κ3) is 3.70. The van der Waals surface area contributed by atoms with E-state index >= 15 is 0 Å². The van der Waals surface area contributed by atoms with Gasteiger partial charge in [0.2, 0.25) is 0 Å². The predicted molar refractivity (Wildman–Crippen MR) is 113 cm³/mol. The lowest BCUT2D eigenvalue weighted by molar-refractivity contribution is 0.0515. The number of aryl methyl sites for hydroxylation is 4. The number of nitrogens with zero attached hydrogens (tertiary/aromatic N) is 3. The summed E-state index contributed by atoms with van der Waals surface area (Å²) >= 11 is 0. The lowest BCUT2D eigenvalue weighted by atomic mass is 10.1. The first kappa shape index (κ1) is 20.4. The number of pyridine rings is 1. The average Bonchev–Trinajstić information content (AvgIpc) is 3.38. The number of hydrogen-bond donors (Lipinski definition) is 1. The van der Waals surface area contributed by atoms with E-state index in [4.69, 9.17) is 13.7 Å². The minimum absolute atomic E-state index is 0.263. The number of fused-ring (bicyclic) bond motifs is 1. The lowest BCUT2D eigenvalue weighted by Crippen LogP contribution is -2.13. The first-order valence-electron chi connectivity index (χ1n) is 9.77. The number of anilines is 1. The molecule has 0 saturated carbocycles. The third-order valence-corrected chi connectivity index (χ3v) is 4.93. The first-order chi connectivity index (χ1) is 14.8. The summed E-state index contributed by atoms with van der Waals surface area (Å²) in [5, 5.41) is 7.33. The van der Waals surface area contributed by atoms with Gasteiger partial charge in [0, 0.05) is 18.8 Å². The fraction of sp³-hybridized carbons (Fsp3) is 0.273. The molecular formula is C22H22N4O5. The van der Waals surface area contributed by atoms with Gasteiger partial charge >= 0.3 is 5.97 Å². The molecule has 0 aliphatic rings. The van der Waals surface area contributed by atoms with Crippen LogP contribution in [0.25, 0.3) is 22.4 Å². The second kappa shape index (κ2) is 7.75. The summed E-state index contributed by atoms with van der Waals surface area (Å²) in [5.41, 5.74) is 3.29. The zero-order valence-corrected chi connectivity index (χ0v) is 17.9. The molecular weight excluding hydrogens is 400 g/mol. The van der Waals surface area contributed by atoms with Gasteiger partial charge in [-0.15, -0.1) is 0 Å². The molecule has 4 aromatic rings. The van der Waals surface area contributed by atoms with Crippen molar-refractivity contribution >= 4 is 28.7 Å². The molecule has 4 aromatic heterocycles. The quantitative estimate of drug-likeness (QED) is 0.480. The highest BCUT2D eigenvalue weighted by molar-refractivity contribution is 6.13. The molecule has 0 unspecified atom stereocenters. The van der Waals surface area contributed by atoms with Crippen molar-refractivity contribution in [3.8, 4) is 11.3 Å². The Morgan fingerprint density at radius 3 is 2.65 bits per heavy atom.